The molecule has 0 N–H and O–H groups in total. The topological polar surface area (TPSA) is 12.9 Å². The number of aromatic nitrogens is 1. The molecule has 1 heteroatoms. The Hall–Kier alpha value is -1.63. The summed E-state index contributed by atoms with van der Waals surface area (Å²) in [6.45, 7) is 6.49. The molecule has 1 aliphatic carbocycles. The summed E-state index contributed by atoms with van der Waals surface area (Å²) in [7, 11) is 0. The number of hydrogen-bond donors (Lipinski definition) is 0. The van der Waals surface area contributed by atoms with Crippen molar-refractivity contribution in [3.8, 4) is 11.3 Å². The Balaban J connectivity index is 2.27. The fourth-order valence-electron chi connectivity index (χ4n) is 2.49. The molecule has 16 heavy (non-hydrogen) atoms. The lowest BCUT2D eigenvalue weighted by molar-refractivity contribution is 1.14. The molecular formula is C15H15N. The SMILES string of the molecule is Cc1ccc2c(c1)Cc1c-2ncc(C)c1C. The normalized spacial score (nSPS) is 12.4. The van der Waals surface area contributed by atoms with Crippen LogP contribution in [0.15, 0.2) is 24.4 Å². The van der Waals surface area contributed by atoms with Gasteiger partial charge in [-0.3, -0.25) is 4.98 Å². The molecular weight excluding hydrogens is 194 g/mol. The zero-order chi connectivity index (χ0) is 11.3. The highest BCUT2D eigenvalue weighted by atomic mass is 14.7. The first-order valence-electron chi connectivity index (χ1n) is 5.72. The minimum Gasteiger partial charge on any atom is -0.256 e. The van der Waals surface area contributed by atoms with Gasteiger partial charge >= 0.3 is 0 Å². The van der Waals surface area contributed by atoms with Gasteiger partial charge in [0, 0.05) is 18.2 Å². The molecule has 1 aromatic heterocycles. The van der Waals surface area contributed by atoms with Crippen LogP contribution in [0.5, 0.6) is 0 Å². The van der Waals surface area contributed by atoms with E-state index in [9.17, 15) is 0 Å². The highest BCUT2D eigenvalue weighted by molar-refractivity contribution is 5.75. The molecule has 0 bridgehead atoms. The van der Waals surface area contributed by atoms with Crippen molar-refractivity contribution in [3.63, 3.8) is 0 Å². The fourth-order valence-corrected chi connectivity index (χ4v) is 2.49. The van der Waals surface area contributed by atoms with Crippen LogP contribution in [0.3, 0.4) is 0 Å². The number of nitrogens with zero attached hydrogens (tertiary/aromatic N) is 1. The average molecular weight is 209 g/mol. The number of hydrogen-bond acceptors (Lipinski definition) is 1. The Kier molecular flexibility index (Phi) is 1.90. The van der Waals surface area contributed by atoms with E-state index < -0.39 is 0 Å². The molecule has 0 amide bonds. The van der Waals surface area contributed by atoms with Crippen molar-refractivity contribution in [1.82, 2.24) is 4.98 Å². The van der Waals surface area contributed by atoms with Gasteiger partial charge in [0.15, 0.2) is 0 Å². The summed E-state index contributed by atoms with van der Waals surface area (Å²) in [6, 6.07) is 6.66. The lowest BCUT2D eigenvalue weighted by Crippen LogP contribution is -1.92. The highest BCUT2D eigenvalue weighted by Crippen LogP contribution is 2.37. The molecule has 3 rings (SSSR count). The second-order valence-corrected chi connectivity index (χ2v) is 4.73. The van der Waals surface area contributed by atoms with E-state index in [1.54, 1.807) is 0 Å². The smallest absolute Gasteiger partial charge is 0.0743 e. The molecule has 1 aliphatic rings. The standard InChI is InChI=1S/C15H15N/c1-9-4-5-13-12(6-9)7-14-11(3)10(2)8-16-15(13)14/h4-6,8H,7H2,1-3H3. The Morgan fingerprint density at radius 2 is 1.94 bits per heavy atom. The molecule has 1 aromatic carbocycles. The summed E-state index contributed by atoms with van der Waals surface area (Å²) in [5.41, 5.74) is 9.39. The van der Waals surface area contributed by atoms with E-state index in [2.05, 4.69) is 44.0 Å². The van der Waals surface area contributed by atoms with E-state index in [-0.39, 0.29) is 0 Å². The van der Waals surface area contributed by atoms with Crippen LogP contribution in [0, 0.1) is 20.8 Å². The van der Waals surface area contributed by atoms with Crippen LogP contribution in [0.2, 0.25) is 0 Å². The second-order valence-electron chi connectivity index (χ2n) is 4.73. The third-order valence-corrected chi connectivity index (χ3v) is 3.60. The Morgan fingerprint density at radius 1 is 1.12 bits per heavy atom. The number of pyridine rings is 1. The van der Waals surface area contributed by atoms with Crippen LogP contribution < -0.4 is 0 Å². The van der Waals surface area contributed by atoms with E-state index in [0.29, 0.717) is 0 Å². The molecule has 0 unspecified atom stereocenters. The third-order valence-electron chi connectivity index (χ3n) is 3.60. The van der Waals surface area contributed by atoms with Gasteiger partial charge in [0.05, 0.1) is 5.69 Å². The summed E-state index contributed by atoms with van der Waals surface area (Å²) < 4.78 is 0. The molecule has 1 heterocycles. The van der Waals surface area contributed by atoms with Crippen molar-refractivity contribution < 1.29 is 0 Å². The maximum absolute atomic E-state index is 4.59. The Labute approximate surface area is 96.2 Å². The number of rotatable bonds is 0. The number of benzene rings is 1. The van der Waals surface area contributed by atoms with E-state index in [4.69, 9.17) is 0 Å². The fraction of sp³-hybridized carbons (Fsp3) is 0.267. The van der Waals surface area contributed by atoms with Crippen molar-refractivity contribution in [2.24, 2.45) is 0 Å². The van der Waals surface area contributed by atoms with E-state index in [1.165, 1.54) is 39.1 Å². The zero-order valence-corrected chi connectivity index (χ0v) is 9.96. The van der Waals surface area contributed by atoms with Crippen LogP contribution >= 0.6 is 0 Å². The van der Waals surface area contributed by atoms with Crippen molar-refractivity contribution in [2.75, 3.05) is 0 Å². The first kappa shape index (κ1) is 9.59. The lowest BCUT2D eigenvalue weighted by Gasteiger charge is -2.05. The number of aryl methyl sites for hydroxylation is 2. The van der Waals surface area contributed by atoms with E-state index in [1.807, 2.05) is 6.20 Å². The second kappa shape index (κ2) is 3.18. The van der Waals surface area contributed by atoms with E-state index >= 15 is 0 Å². The van der Waals surface area contributed by atoms with Gasteiger partial charge in [0.25, 0.3) is 0 Å². The maximum atomic E-state index is 4.59. The monoisotopic (exact) mass is 209 g/mol. The third kappa shape index (κ3) is 1.21. The van der Waals surface area contributed by atoms with Crippen LogP contribution in [-0.2, 0) is 6.42 Å². The van der Waals surface area contributed by atoms with Crippen LogP contribution in [0.4, 0.5) is 0 Å². The van der Waals surface area contributed by atoms with Crippen LogP contribution in [0.1, 0.15) is 27.8 Å². The molecule has 0 radical (unpaired) electrons. The molecule has 0 aliphatic heterocycles. The van der Waals surface area contributed by atoms with Crippen molar-refractivity contribution in [1.29, 1.82) is 0 Å². The van der Waals surface area contributed by atoms with Gasteiger partial charge in [-0.2, -0.15) is 0 Å². The van der Waals surface area contributed by atoms with Crippen molar-refractivity contribution in [2.45, 2.75) is 27.2 Å². The highest BCUT2D eigenvalue weighted by Gasteiger charge is 2.21. The molecule has 0 saturated carbocycles. The Morgan fingerprint density at radius 3 is 2.75 bits per heavy atom. The predicted molar refractivity (Wildman–Crippen MR) is 66.7 cm³/mol. The predicted octanol–water partition coefficient (Wildman–Crippen LogP) is 3.58. The van der Waals surface area contributed by atoms with Gasteiger partial charge < -0.3 is 0 Å². The largest absolute Gasteiger partial charge is 0.256 e. The van der Waals surface area contributed by atoms with Crippen LogP contribution in [-0.4, -0.2) is 4.98 Å². The van der Waals surface area contributed by atoms with Gasteiger partial charge in [-0.15, -0.1) is 0 Å². The summed E-state index contributed by atoms with van der Waals surface area (Å²) in [4.78, 5) is 4.59. The first-order chi connectivity index (χ1) is 7.66. The molecule has 1 nitrogen and oxygen atoms in total. The Bertz CT molecular complexity index is 582. The summed E-state index contributed by atoms with van der Waals surface area (Å²) >= 11 is 0. The lowest BCUT2D eigenvalue weighted by atomic mass is 10.0. The molecule has 0 atom stereocenters. The van der Waals surface area contributed by atoms with Crippen molar-refractivity contribution >= 4 is 0 Å². The molecule has 0 saturated heterocycles. The van der Waals surface area contributed by atoms with Gasteiger partial charge in [0.2, 0.25) is 0 Å². The molecule has 80 valence electrons. The average Bonchev–Trinajstić information content (AvgIpc) is 2.62. The van der Waals surface area contributed by atoms with Gasteiger partial charge in [-0.25, -0.2) is 0 Å². The molecule has 2 aromatic rings. The summed E-state index contributed by atoms with van der Waals surface area (Å²) in [6.07, 6.45) is 3.04. The first-order valence-corrected chi connectivity index (χ1v) is 5.72. The van der Waals surface area contributed by atoms with Gasteiger partial charge in [-0.05, 0) is 43.0 Å². The summed E-state index contributed by atoms with van der Waals surface area (Å²) in [5.74, 6) is 0. The van der Waals surface area contributed by atoms with Crippen molar-refractivity contribution in [3.05, 3.63) is 52.2 Å². The summed E-state index contributed by atoms with van der Waals surface area (Å²) in [5, 5.41) is 0. The van der Waals surface area contributed by atoms with Gasteiger partial charge in [0.1, 0.15) is 0 Å². The minimum atomic E-state index is 1.05. The molecule has 0 fully saturated rings. The zero-order valence-electron chi connectivity index (χ0n) is 9.96. The maximum Gasteiger partial charge on any atom is 0.0743 e. The number of fused-ring (bicyclic) bond motifs is 3. The van der Waals surface area contributed by atoms with E-state index in [0.717, 1.165) is 6.42 Å². The quantitative estimate of drug-likeness (QED) is 0.551. The van der Waals surface area contributed by atoms with Crippen LogP contribution in [0.25, 0.3) is 11.3 Å². The van der Waals surface area contributed by atoms with Gasteiger partial charge in [-0.1, -0.05) is 23.8 Å². The molecule has 0 spiro atoms. The minimum absolute atomic E-state index is 1.05.